The Hall–Kier alpha value is -1.50. The van der Waals surface area contributed by atoms with Crippen LogP contribution in [0.2, 0.25) is 0 Å². The van der Waals surface area contributed by atoms with E-state index in [1.807, 2.05) is 4.90 Å². The van der Waals surface area contributed by atoms with Crippen LogP contribution in [0.5, 0.6) is 5.75 Å². The van der Waals surface area contributed by atoms with Crippen LogP contribution < -0.4 is 15.4 Å². The van der Waals surface area contributed by atoms with Gasteiger partial charge in [-0.3, -0.25) is 0 Å². The highest BCUT2D eigenvalue weighted by molar-refractivity contribution is 5.51. The Morgan fingerprint density at radius 1 is 1.25 bits per heavy atom. The lowest BCUT2D eigenvalue weighted by Gasteiger charge is -2.32. The van der Waals surface area contributed by atoms with Gasteiger partial charge in [0.25, 0.3) is 0 Å². The van der Waals surface area contributed by atoms with Gasteiger partial charge in [-0.2, -0.15) is 13.2 Å². The summed E-state index contributed by atoms with van der Waals surface area (Å²) < 4.78 is 54.5. The third kappa shape index (κ3) is 4.00. The molecule has 1 fully saturated rings. The SMILES string of the molecule is NC1CCN(c2ccc(OCC(F)(F)F)cc2F)CC1. The van der Waals surface area contributed by atoms with Crippen molar-refractivity contribution in [1.29, 1.82) is 0 Å². The molecule has 1 aliphatic heterocycles. The number of hydrogen-bond acceptors (Lipinski definition) is 3. The molecule has 20 heavy (non-hydrogen) atoms. The Morgan fingerprint density at radius 3 is 2.45 bits per heavy atom. The lowest BCUT2D eigenvalue weighted by atomic mass is 10.1. The largest absolute Gasteiger partial charge is 0.484 e. The first kappa shape index (κ1) is 14.9. The van der Waals surface area contributed by atoms with Crippen molar-refractivity contribution in [2.75, 3.05) is 24.6 Å². The van der Waals surface area contributed by atoms with Gasteiger partial charge in [0, 0.05) is 25.2 Å². The second-order valence-electron chi connectivity index (χ2n) is 4.84. The molecule has 0 spiro atoms. The lowest BCUT2D eigenvalue weighted by Crippen LogP contribution is -2.40. The molecule has 1 heterocycles. The lowest BCUT2D eigenvalue weighted by molar-refractivity contribution is -0.153. The molecule has 1 saturated heterocycles. The van der Waals surface area contributed by atoms with Crippen LogP contribution in [0.1, 0.15) is 12.8 Å². The van der Waals surface area contributed by atoms with Gasteiger partial charge >= 0.3 is 6.18 Å². The van der Waals surface area contributed by atoms with Crippen molar-refractivity contribution >= 4 is 5.69 Å². The van der Waals surface area contributed by atoms with Crippen LogP contribution in [0.15, 0.2) is 18.2 Å². The molecule has 1 aromatic carbocycles. The summed E-state index contributed by atoms with van der Waals surface area (Å²) >= 11 is 0. The maximum Gasteiger partial charge on any atom is 0.422 e. The van der Waals surface area contributed by atoms with E-state index in [9.17, 15) is 17.6 Å². The van der Waals surface area contributed by atoms with Gasteiger partial charge in [0.05, 0.1) is 5.69 Å². The highest BCUT2D eigenvalue weighted by atomic mass is 19.4. The van der Waals surface area contributed by atoms with Crippen LogP contribution in [-0.4, -0.2) is 31.9 Å². The van der Waals surface area contributed by atoms with Crippen LogP contribution in [0.25, 0.3) is 0 Å². The fourth-order valence-corrected chi connectivity index (χ4v) is 2.14. The summed E-state index contributed by atoms with van der Waals surface area (Å²) in [5.41, 5.74) is 6.14. The van der Waals surface area contributed by atoms with Gasteiger partial charge in [0.2, 0.25) is 0 Å². The maximum absolute atomic E-state index is 13.9. The Morgan fingerprint density at radius 2 is 1.90 bits per heavy atom. The Kier molecular flexibility index (Phi) is 4.37. The summed E-state index contributed by atoms with van der Waals surface area (Å²) in [4.78, 5) is 1.84. The van der Waals surface area contributed by atoms with Crippen LogP contribution in [0.3, 0.4) is 0 Å². The number of alkyl halides is 3. The summed E-state index contributed by atoms with van der Waals surface area (Å²) in [5, 5.41) is 0. The molecule has 3 nitrogen and oxygen atoms in total. The molecule has 112 valence electrons. The average molecular weight is 292 g/mol. The first-order valence-corrected chi connectivity index (χ1v) is 6.35. The second-order valence-corrected chi connectivity index (χ2v) is 4.84. The molecule has 1 aromatic rings. The molecule has 0 atom stereocenters. The summed E-state index contributed by atoms with van der Waals surface area (Å²) in [6.07, 6.45) is -2.89. The zero-order chi connectivity index (χ0) is 14.8. The maximum atomic E-state index is 13.9. The minimum Gasteiger partial charge on any atom is -0.484 e. The Balaban J connectivity index is 2.02. The normalized spacial score (nSPS) is 17.4. The van der Waals surface area contributed by atoms with E-state index in [0.717, 1.165) is 18.9 Å². The molecule has 0 amide bonds. The number of ether oxygens (including phenoxy) is 1. The summed E-state index contributed by atoms with van der Waals surface area (Å²) in [6.45, 7) is -0.147. The summed E-state index contributed by atoms with van der Waals surface area (Å²) in [6, 6.07) is 3.90. The van der Waals surface area contributed by atoms with E-state index in [1.165, 1.54) is 12.1 Å². The monoisotopic (exact) mass is 292 g/mol. The van der Waals surface area contributed by atoms with Crippen molar-refractivity contribution < 1.29 is 22.3 Å². The van der Waals surface area contributed by atoms with Crippen molar-refractivity contribution in [1.82, 2.24) is 0 Å². The smallest absolute Gasteiger partial charge is 0.422 e. The number of rotatable bonds is 3. The van der Waals surface area contributed by atoms with E-state index < -0.39 is 18.6 Å². The number of halogens is 4. The standard InChI is InChI=1S/C13H16F4N2O/c14-11-7-10(20-8-13(15,16)17)1-2-12(11)19-5-3-9(18)4-6-19/h1-2,7,9H,3-6,8,18H2. The number of nitrogens with zero attached hydrogens (tertiary/aromatic N) is 1. The van der Waals surface area contributed by atoms with Gasteiger partial charge in [-0.1, -0.05) is 0 Å². The fourth-order valence-electron chi connectivity index (χ4n) is 2.14. The Labute approximate surface area is 114 Å². The number of piperidine rings is 1. The highest BCUT2D eigenvalue weighted by Crippen LogP contribution is 2.27. The first-order valence-electron chi connectivity index (χ1n) is 6.35. The van der Waals surface area contributed by atoms with Crippen molar-refractivity contribution in [2.45, 2.75) is 25.1 Å². The third-order valence-corrected chi connectivity index (χ3v) is 3.20. The van der Waals surface area contributed by atoms with Crippen molar-refractivity contribution in [3.63, 3.8) is 0 Å². The van der Waals surface area contributed by atoms with Crippen LogP contribution >= 0.6 is 0 Å². The molecule has 0 saturated carbocycles. The zero-order valence-electron chi connectivity index (χ0n) is 10.8. The van der Waals surface area contributed by atoms with Crippen molar-refractivity contribution in [3.05, 3.63) is 24.0 Å². The minimum atomic E-state index is -4.43. The minimum absolute atomic E-state index is 0.128. The molecule has 0 aliphatic carbocycles. The summed E-state index contributed by atoms with van der Waals surface area (Å²) in [7, 11) is 0. The molecule has 0 radical (unpaired) electrons. The molecule has 1 aliphatic rings. The molecule has 0 bridgehead atoms. The van der Waals surface area contributed by atoms with Gasteiger partial charge in [0.1, 0.15) is 11.6 Å². The quantitative estimate of drug-likeness (QED) is 0.871. The molecule has 0 unspecified atom stereocenters. The fraction of sp³-hybridized carbons (Fsp3) is 0.538. The van der Waals surface area contributed by atoms with Crippen molar-refractivity contribution in [2.24, 2.45) is 5.73 Å². The molecular weight excluding hydrogens is 276 g/mol. The predicted molar refractivity (Wildman–Crippen MR) is 67.4 cm³/mol. The van der Waals surface area contributed by atoms with E-state index in [4.69, 9.17) is 5.73 Å². The second kappa shape index (κ2) is 5.87. The van der Waals surface area contributed by atoms with Crippen LogP contribution in [0.4, 0.5) is 23.2 Å². The van der Waals surface area contributed by atoms with Crippen molar-refractivity contribution in [3.8, 4) is 5.75 Å². The highest BCUT2D eigenvalue weighted by Gasteiger charge is 2.28. The first-order chi connectivity index (χ1) is 9.35. The van der Waals surface area contributed by atoms with E-state index in [0.29, 0.717) is 18.8 Å². The van der Waals surface area contributed by atoms with Crippen LogP contribution in [0, 0.1) is 5.82 Å². The predicted octanol–water partition coefficient (Wildman–Crippen LogP) is 2.69. The van der Waals surface area contributed by atoms with Crippen LogP contribution in [-0.2, 0) is 0 Å². The molecular formula is C13H16F4N2O. The molecule has 2 N–H and O–H groups in total. The van der Waals surface area contributed by atoms with Gasteiger partial charge in [-0.05, 0) is 25.0 Å². The third-order valence-electron chi connectivity index (χ3n) is 3.20. The van der Waals surface area contributed by atoms with E-state index >= 15 is 0 Å². The summed E-state index contributed by atoms with van der Waals surface area (Å²) in [5.74, 6) is -0.711. The Bertz CT molecular complexity index is 456. The topological polar surface area (TPSA) is 38.5 Å². The van der Waals surface area contributed by atoms with Gasteiger partial charge in [-0.15, -0.1) is 0 Å². The van der Waals surface area contributed by atoms with Gasteiger partial charge < -0.3 is 15.4 Å². The van der Waals surface area contributed by atoms with Gasteiger partial charge in [-0.25, -0.2) is 4.39 Å². The molecule has 7 heteroatoms. The molecule has 0 aromatic heterocycles. The number of benzene rings is 1. The number of anilines is 1. The number of nitrogens with two attached hydrogens (primary N) is 1. The zero-order valence-corrected chi connectivity index (χ0v) is 10.8. The molecule has 2 rings (SSSR count). The average Bonchev–Trinajstić information content (AvgIpc) is 2.37. The van der Waals surface area contributed by atoms with Gasteiger partial charge in [0.15, 0.2) is 6.61 Å². The van der Waals surface area contributed by atoms with E-state index in [1.54, 1.807) is 0 Å². The van der Waals surface area contributed by atoms with E-state index in [2.05, 4.69) is 4.74 Å². The number of hydrogen-bond donors (Lipinski definition) is 1. The van der Waals surface area contributed by atoms with E-state index in [-0.39, 0.29) is 11.8 Å².